The van der Waals surface area contributed by atoms with Crippen LogP contribution in [0, 0.1) is 0 Å². The summed E-state index contributed by atoms with van der Waals surface area (Å²) >= 11 is 6.26. The normalized spacial score (nSPS) is 15.1. The minimum atomic E-state index is -0.812. The maximum atomic E-state index is 13.7. The number of esters is 2. The molecule has 3 heterocycles. The van der Waals surface area contributed by atoms with E-state index in [0.29, 0.717) is 38.7 Å². The van der Waals surface area contributed by atoms with Crippen LogP contribution in [-0.4, -0.2) is 43.4 Å². The van der Waals surface area contributed by atoms with Gasteiger partial charge in [-0.2, -0.15) is 0 Å². The van der Waals surface area contributed by atoms with Crippen molar-refractivity contribution in [1.82, 2.24) is 4.57 Å². The van der Waals surface area contributed by atoms with Gasteiger partial charge >= 0.3 is 11.9 Å². The van der Waals surface area contributed by atoms with Crippen LogP contribution in [0.15, 0.2) is 55.2 Å². The summed E-state index contributed by atoms with van der Waals surface area (Å²) in [6, 6.07) is 6.17. The largest absolute Gasteiger partial charge is 0.490 e. The van der Waals surface area contributed by atoms with Gasteiger partial charge < -0.3 is 18.9 Å². The van der Waals surface area contributed by atoms with Crippen LogP contribution in [0.2, 0.25) is 0 Å². The van der Waals surface area contributed by atoms with Gasteiger partial charge in [-0.15, -0.1) is 11.3 Å². The lowest BCUT2D eigenvalue weighted by atomic mass is 9.95. The first-order valence-electron chi connectivity index (χ1n) is 11.7. The molecular formula is C26H25BrN2O7S2. The second-order valence-corrected chi connectivity index (χ2v) is 10.8. The molecule has 38 heavy (non-hydrogen) atoms. The Labute approximate surface area is 234 Å². The zero-order chi connectivity index (χ0) is 27.4. The van der Waals surface area contributed by atoms with Crippen molar-refractivity contribution in [2.24, 2.45) is 4.99 Å². The molecule has 3 aromatic rings. The summed E-state index contributed by atoms with van der Waals surface area (Å²) in [7, 11) is 1.27. The van der Waals surface area contributed by atoms with E-state index in [1.54, 1.807) is 32.0 Å². The fourth-order valence-electron chi connectivity index (χ4n) is 3.91. The number of aromatic nitrogens is 1. The van der Waals surface area contributed by atoms with Crippen LogP contribution in [-0.2, 0) is 19.1 Å². The van der Waals surface area contributed by atoms with Crippen molar-refractivity contribution in [3.63, 3.8) is 0 Å². The fourth-order valence-corrected chi connectivity index (χ4v) is 6.43. The number of benzene rings is 1. The molecule has 0 N–H and O–H groups in total. The number of ether oxygens (including phenoxy) is 4. The van der Waals surface area contributed by atoms with E-state index in [4.69, 9.17) is 14.2 Å². The van der Waals surface area contributed by atoms with Gasteiger partial charge in [-0.25, -0.2) is 14.6 Å². The van der Waals surface area contributed by atoms with E-state index in [2.05, 4.69) is 25.7 Å². The molecule has 0 bridgehead atoms. The standard InChI is InChI=1S/C26H25BrN2O7S2/c1-5-34-18-11-15(7-8-17(18)36-13-21(30)33-4)23-22(25(32)35-6-2)14(3)28-26-29(23)24(31)20(38-26)12-19-16(27)9-10-37-19/h7-12,23H,5-6,13H2,1-4H3/b20-12-/t23-/m1/s1. The number of allylic oxidation sites excluding steroid dienone is 1. The Hall–Kier alpha value is -3.22. The van der Waals surface area contributed by atoms with Gasteiger partial charge in [0.1, 0.15) is 0 Å². The molecule has 0 amide bonds. The van der Waals surface area contributed by atoms with Crippen molar-refractivity contribution >= 4 is 56.6 Å². The predicted molar refractivity (Wildman–Crippen MR) is 148 cm³/mol. The number of carbonyl (C=O) groups is 2. The van der Waals surface area contributed by atoms with E-state index in [-0.39, 0.29) is 24.3 Å². The fraction of sp³-hybridized carbons (Fsp3) is 0.308. The molecule has 1 aromatic carbocycles. The van der Waals surface area contributed by atoms with Crippen LogP contribution in [0.25, 0.3) is 6.08 Å². The highest BCUT2D eigenvalue weighted by Crippen LogP contribution is 2.36. The zero-order valence-electron chi connectivity index (χ0n) is 21.1. The predicted octanol–water partition coefficient (Wildman–Crippen LogP) is 3.57. The van der Waals surface area contributed by atoms with Crippen molar-refractivity contribution in [3.05, 3.63) is 75.5 Å². The van der Waals surface area contributed by atoms with Crippen LogP contribution < -0.4 is 24.4 Å². The highest BCUT2D eigenvalue weighted by molar-refractivity contribution is 9.10. The molecule has 200 valence electrons. The van der Waals surface area contributed by atoms with Crippen molar-refractivity contribution in [1.29, 1.82) is 0 Å². The molecular weight excluding hydrogens is 596 g/mol. The lowest BCUT2D eigenvalue weighted by Gasteiger charge is -2.25. The summed E-state index contributed by atoms with van der Waals surface area (Å²) in [4.78, 5) is 44.4. The van der Waals surface area contributed by atoms with E-state index in [0.717, 1.165) is 9.35 Å². The van der Waals surface area contributed by atoms with Gasteiger partial charge in [0.2, 0.25) is 0 Å². The van der Waals surface area contributed by atoms with E-state index in [9.17, 15) is 14.4 Å². The van der Waals surface area contributed by atoms with Crippen LogP contribution in [0.5, 0.6) is 11.5 Å². The zero-order valence-corrected chi connectivity index (χ0v) is 24.3. The van der Waals surface area contributed by atoms with Gasteiger partial charge in [-0.1, -0.05) is 17.4 Å². The molecule has 0 aliphatic carbocycles. The van der Waals surface area contributed by atoms with Crippen LogP contribution in [0.3, 0.4) is 0 Å². The molecule has 0 unspecified atom stereocenters. The average molecular weight is 622 g/mol. The molecule has 1 aliphatic heterocycles. The first-order valence-corrected chi connectivity index (χ1v) is 14.2. The molecule has 2 aromatic heterocycles. The quantitative estimate of drug-likeness (QED) is 0.337. The molecule has 0 spiro atoms. The van der Waals surface area contributed by atoms with Gasteiger partial charge in [-0.3, -0.25) is 9.36 Å². The summed E-state index contributed by atoms with van der Waals surface area (Å²) in [6.07, 6.45) is 1.81. The Morgan fingerprint density at radius 3 is 2.61 bits per heavy atom. The number of fused-ring (bicyclic) bond motifs is 1. The Morgan fingerprint density at radius 2 is 1.95 bits per heavy atom. The Balaban J connectivity index is 1.90. The SMILES string of the molecule is CCOC(=O)C1=C(C)N=c2s/c(=C\c3sccc3Br)c(=O)n2[C@@H]1c1ccc(OCC(=O)OC)c(OCC)c1. The number of thiazole rings is 1. The second-order valence-electron chi connectivity index (χ2n) is 7.94. The Kier molecular flexibility index (Phi) is 8.85. The molecule has 4 rings (SSSR count). The molecule has 0 radical (unpaired) electrons. The van der Waals surface area contributed by atoms with E-state index < -0.39 is 18.0 Å². The van der Waals surface area contributed by atoms with Crippen LogP contribution in [0.1, 0.15) is 37.3 Å². The van der Waals surface area contributed by atoms with Gasteiger partial charge in [0.15, 0.2) is 22.9 Å². The lowest BCUT2D eigenvalue weighted by Crippen LogP contribution is -2.40. The molecule has 12 heteroatoms. The van der Waals surface area contributed by atoms with Gasteiger partial charge in [0.25, 0.3) is 5.56 Å². The number of hydrogen-bond acceptors (Lipinski definition) is 10. The minimum absolute atomic E-state index is 0.170. The number of nitrogens with zero attached hydrogens (tertiary/aromatic N) is 2. The smallest absolute Gasteiger partial charge is 0.343 e. The summed E-state index contributed by atoms with van der Waals surface area (Å²) in [5, 5.41) is 1.93. The van der Waals surface area contributed by atoms with E-state index >= 15 is 0 Å². The first-order chi connectivity index (χ1) is 18.3. The maximum absolute atomic E-state index is 13.7. The maximum Gasteiger partial charge on any atom is 0.343 e. The monoisotopic (exact) mass is 620 g/mol. The lowest BCUT2D eigenvalue weighted by molar-refractivity contribution is -0.143. The third-order valence-corrected chi connectivity index (χ3v) is 8.38. The number of thiophene rings is 1. The minimum Gasteiger partial charge on any atom is -0.490 e. The van der Waals surface area contributed by atoms with Gasteiger partial charge in [0.05, 0.1) is 42.2 Å². The third-order valence-electron chi connectivity index (χ3n) is 5.58. The van der Waals surface area contributed by atoms with Crippen molar-refractivity contribution < 1.29 is 28.5 Å². The second kappa shape index (κ2) is 12.1. The third kappa shape index (κ3) is 5.62. The van der Waals surface area contributed by atoms with Crippen LogP contribution >= 0.6 is 38.6 Å². The average Bonchev–Trinajstić information content (AvgIpc) is 3.44. The summed E-state index contributed by atoms with van der Waals surface area (Å²) in [6.45, 7) is 5.47. The number of rotatable bonds is 9. The highest BCUT2D eigenvalue weighted by atomic mass is 79.9. The number of methoxy groups -OCH3 is 1. The molecule has 9 nitrogen and oxygen atoms in total. The molecule has 0 saturated carbocycles. The summed E-state index contributed by atoms with van der Waals surface area (Å²) in [5.41, 5.74) is 1.04. The molecule has 0 fully saturated rings. The number of hydrogen-bond donors (Lipinski definition) is 0. The van der Waals surface area contributed by atoms with Gasteiger partial charge in [-0.05, 0) is 71.9 Å². The Bertz CT molecular complexity index is 1590. The molecule has 1 atom stereocenters. The van der Waals surface area contributed by atoms with Crippen molar-refractivity contribution in [3.8, 4) is 11.5 Å². The van der Waals surface area contributed by atoms with E-state index in [1.807, 2.05) is 24.4 Å². The van der Waals surface area contributed by atoms with Crippen LogP contribution in [0.4, 0.5) is 0 Å². The molecule has 0 saturated heterocycles. The summed E-state index contributed by atoms with van der Waals surface area (Å²) < 4.78 is 24.3. The Morgan fingerprint density at radius 1 is 1.16 bits per heavy atom. The van der Waals surface area contributed by atoms with Crippen molar-refractivity contribution in [2.75, 3.05) is 26.9 Å². The topological polar surface area (TPSA) is 105 Å². The summed E-state index contributed by atoms with van der Waals surface area (Å²) in [5.74, 6) is -0.409. The van der Waals surface area contributed by atoms with Crippen molar-refractivity contribution in [2.45, 2.75) is 26.8 Å². The van der Waals surface area contributed by atoms with Gasteiger partial charge in [0, 0.05) is 9.35 Å². The first kappa shape index (κ1) is 27.8. The number of halogens is 1. The highest BCUT2D eigenvalue weighted by Gasteiger charge is 2.34. The molecule has 1 aliphatic rings. The van der Waals surface area contributed by atoms with E-state index in [1.165, 1.54) is 34.4 Å². The number of carbonyl (C=O) groups excluding carboxylic acids is 2.